The minimum absolute atomic E-state index is 0.0401. The zero-order valence-electron chi connectivity index (χ0n) is 9.94. The molecule has 0 aliphatic heterocycles. The number of carbonyl (C=O) groups excluding carboxylic acids is 2. The third kappa shape index (κ3) is 3.35. The van der Waals surface area contributed by atoms with Crippen LogP contribution in [0, 0.1) is 5.82 Å². The summed E-state index contributed by atoms with van der Waals surface area (Å²) in [6.45, 7) is 1.28. The van der Waals surface area contributed by atoms with E-state index in [1.807, 2.05) is 0 Å². The average Bonchev–Trinajstić information content (AvgIpc) is 2.84. The number of amides is 2. The maximum Gasteiger partial charge on any atom is 0.257 e. The third-order valence-electron chi connectivity index (χ3n) is 2.19. The average molecular weight is 279 g/mol. The number of halogens is 1. The number of anilines is 2. The van der Waals surface area contributed by atoms with Gasteiger partial charge in [0.15, 0.2) is 5.13 Å². The minimum atomic E-state index is -0.665. The highest BCUT2D eigenvalue weighted by atomic mass is 32.1. The first-order valence-corrected chi connectivity index (χ1v) is 6.22. The van der Waals surface area contributed by atoms with Crippen LogP contribution in [0.1, 0.15) is 17.3 Å². The van der Waals surface area contributed by atoms with E-state index in [9.17, 15) is 14.0 Å². The van der Waals surface area contributed by atoms with Crippen LogP contribution in [0.5, 0.6) is 0 Å². The minimum Gasteiger partial charge on any atom is -0.324 e. The van der Waals surface area contributed by atoms with Crippen molar-refractivity contribution in [2.45, 2.75) is 6.92 Å². The molecule has 2 amide bonds. The Morgan fingerprint density at radius 3 is 2.68 bits per heavy atom. The van der Waals surface area contributed by atoms with Gasteiger partial charge in [0.05, 0.1) is 5.69 Å². The predicted octanol–water partition coefficient (Wildman–Crippen LogP) is 2.49. The molecule has 1 aromatic heterocycles. The summed E-state index contributed by atoms with van der Waals surface area (Å²) in [4.78, 5) is 26.5. The molecule has 0 unspecified atom stereocenters. The van der Waals surface area contributed by atoms with Crippen LogP contribution in [-0.2, 0) is 4.79 Å². The van der Waals surface area contributed by atoms with E-state index in [1.54, 1.807) is 11.6 Å². The van der Waals surface area contributed by atoms with E-state index in [1.165, 1.54) is 30.4 Å². The van der Waals surface area contributed by atoms with Crippen molar-refractivity contribution in [2.75, 3.05) is 10.6 Å². The number of aromatic nitrogens is 1. The van der Waals surface area contributed by atoms with E-state index in [0.29, 0.717) is 5.13 Å². The molecular weight excluding hydrogens is 269 g/mol. The standard InChI is InChI=1S/C12H10FN3O2S/c1-7(17)15-10-3-2-8(6-9(10)13)11(18)16-12-14-4-5-19-12/h2-6H,1H3,(H,15,17)(H,14,16,18). The summed E-state index contributed by atoms with van der Waals surface area (Å²) in [5.41, 5.74) is 0.195. The second-order valence-corrected chi connectivity index (χ2v) is 4.56. The van der Waals surface area contributed by atoms with Gasteiger partial charge in [0.25, 0.3) is 5.91 Å². The van der Waals surface area contributed by atoms with Crippen LogP contribution in [0.25, 0.3) is 0 Å². The van der Waals surface area contributed by atoms with Gasteiger partial charge < -0.3 is 5.32 Å². The molecule has 0 radical (unpaired) electrons. The molecule has 2 rings (SSSR count). The zero-order chi connectivity index (χ0) is 13.8. The van der Waals surface area contributed by atoms with Crippen molar-refractivity contribution < 1.29 is 14.0 Å². The summed E-state index contributed by atoms with van der Waals surface area (Å²) in [5, 5.41) is 7.03. The Hall–Kier alpha value is -2.28. The summed E-state index contributed by atoms with van der Waals surface area (Å²) < 4.78 is 13.6. The summed E-state index contributed by atoms with van der Waals surface area (Å²) in [7, 11) is 0. The zero-order valence-corrected chi connectivity index (χ0v) is 10.8. The largest absolute Gasteiger partial charge is 0.324 e. The Balaban J connectivity index is 2.15. The molecule has 0 saturated heterocycles. The van der Waals surface area contributed by atoms with Crippen LogP contribution in [0.3, 0.4) is 0 Å². The second kappa shape index (κ2) is 5.57. The highest BCUT2D eigenvalue weighted by molar-refractivity contribution is 7.13. The molecule has 7 heteroatoms. The lowest BCUT2D eigenvalue weighted by Gasteiger charge is -2.06. The lowest BCUT2D eigenvalue weighted by atomic mass is 10.2. The molecule has 19 heavy (non-hydrogen) atoms. The van der Waals surface area contributed by atoms with Crippen LogP contribution in [0.15, 0.2) is 29.8 Å². The van der Waals surface area contributed by atoms with E-state index in [0.717, 1.165) is 6.07 Å². The molecule has 2 aromatic rings. The highest BCUT2D eigenvalue weighted by Crippen LogP contribution is 2.17. The van der Waals surface area contributed by atoms with E-state index in [4.69, 9.17) is 0 Å². The van der Waals surface area contributed by atoms with Crippen LogP contribution in [0.2, 0.25) is 0 Å². The van der Waals surface area contributed by atoms with Gasteiger partial charge in [-0.3, -0.25) is 14.9 Å². The van der Waals surface area contributed by atoms with Gasteiger partial charge in [-0.25, -0.2) is 9.37 Å². The fourth-order valence-corrected chi connectivity index (χ4v) is 1.93. The fourth-order valence-electron chi connectivity index (χ4n) is 1.40. The van der Waals surface area contributed by atoms with Crippen molar-refractivity contribution >= 4 is 34.0 Å². The number of nitrogens with zero attached hydrogens (tertiary/aromatic N) is 1. The second-order valence-electron chi connectivity index (χ2n) is 3.67. The molecule has 1 heterocycles. The Morgan fingerprint density at radius 2 is 2.11 bits per heavy atom. The first kappa shape index (κ1) is 13.2. The summed E-state index contributed by atoms with van der Waals surface area (Å²) in [5.74, 6) is -1.50. The molecule has 0 fully saturated rings. The summed E-state index contributed by atoms with van der Waals surface area (Å²) in [6, 6.07) is 3.83. The maximum absolute atomic E-state index is 13.6. The number of hydrogen-bond donors (Lipinski definition) is 2. The summed E-state index contributed by atoms with van der Waals surface area (Å²) >= 11 is 1.27. The molecule has 2 N–H and O–H groups in total. The number of nitrogens with one attached hydrogen (secondary N) is 2. The Labute approximate surface area is 112 Å². The van der Waals surface area contributed by atoms with Crippen LogP contribution in [-0.4, -0.2) is 16.8 Å². The van der Waals surface area contributed by atoms with Gasteiger partial charge in [-0.15, -0.1) is 11.3 Å². The quantitative estimate of drug-likeness (QED) is 0.906. The molecule has 0 spiro atoms. The van der Waals surface area contributed by atoms with E-state index in [-0.39, 0.29) is 17.2 Å². The van der Waals surface area contributed by atoms with Gasteiger partial charge in [-0.05, 0) is 18.2 Å². The Morgan fingerprint density at radius 1 is 1.32 bits per heavy atom. The monoisotopic (exact) mass is 279 g/mol. The van der Waals surface area contributed by atoms with Gasteiger partial charge in [-0.1, -0.05) is 0 Å². The van der Waals surface area contributed by atoms with Gasteiger partial charge >= 0.3 is 0 Å². The van der Waals surface area contributed by atoms with Crippen molar-refractivity contribution in [3.05, 3.63) is 41.2 Å². The first-order chi connectivity index (χ1) is 9.06. The van der Waals surface area contributed by atoms with Gasteiger partial charge in [0.1, 0.15) is 5.82 Å². The van der Waals surface area contributed by atoms with Crippen LogP contribution < -0.4 is 10.6 Å². The molecule has 5 nitrogen and oxygen atoms in total. The third-order valence-corrected chi connectivity index (χ3v) is 2.88. The highest BCUT2D eigenvalue weighted by Gasteiger charge is 2.11. The van der Waals surface area contributed by atoms with Gasteiger partial charge in [-0.2, -0.15) is 0 Å². The Bertz CT molecular complexity index is 613. The van der Waals surface area contributed by atoms with E-state index >= 15 is 0 Å². The van der Waals surface area contributed by atoms with Crippen molar-refractivity contribution in [2.24, 2.45) is 0 Å². The number of carbonyl (C=O) groups is 2. The SMILES string of the molecule is CC(=O)Nc1ccc(C(=O)Nc2nccs2)cc1F. The maximum atomic E-state index is 13.6. The Kier molecular flexibility index (Phi) is 3.86. The molecule has 0 bridgehead atoms. The molecule has 0 saturated carbocycles. The van der Waals surface area contributed by atoms with Crippen molar-refractivity contribution in [1.82, 2.24) is 4.98 Å². The lowest BCUT2D eigenvalue weighted by Crippen LogP contribution is -2.13. The number of hydrogen-bond acceptors (Lipinski definition) is 4. The van der Waals surface area contributed by atoms with Crippen LogP contribution in [0.4, 0.5) is 15.2 Å². The van der Waals surface area contributed by atoms with Crippen LogP contribution >= 0.6 is 11.3 Å². The van der Waals surface area contributed by atoms with Gasteiger partial charge in [0.2, 0.25) is 5.91 Å². The molecule has 1 aromatic carbocycles. The molecule has 0 aliphatic rings. The normalized spacial score (nSPS) is 10.0. The molecule has 0 atom stereocenters. The molecule has 0 aliphatic carbocycles. The van der Waals surface area contributed by atoms with Crippen molar-refractivity contribution in [1.29, 1.82) is 0 Å². The number of thiazole rings is 1. The van der Waals surface area contributed by atoms with Crippen molar-refractivity contribution in [3.8, 4) is 0 Å². The first-order valence-electron chi connectivity index (χ1n) is 5.34. The van der Waals surface area contributed by atoms with Crippen molar-refractivity contribution in [3.63, 3.8) is 0 Å². The predicted molar refractivity (Wildman–Crippen MR) is 70.8 cm³/mol. The molecular formula is C12H10FN3O2S. The summed E-state index contributed by atoms with van der Waals surface area (Å²) in [6.07, 6.45) is 1.56. The lowest BCUT2D eigenvalue weighted by molar-refractivity contribution is -0.114. The fraction of sp³-hybridized carbons (Fsp3) is 0.0833. The molecule has 98 valence electrons. The smallest absolute Gasteiger partial charge is 0.257 e. The number of benzene rings is 1. The van der Waals surface area contributed by atoms with E-state index < -0.39 is 11.7 Å². The number of rotatable bonds is 3. The topological polar surface area (TPSA) is 71.1 Å². The van der Waals surface area contributed by atoms with Gasteiger partial charge in [0, 0.05) is 24.1 Å². The van der Waals surface area contributed by atoms with E-state index in [2.05, 4.69) is 15.6 Å².